The molecular formula is C26H19FN4O3. The van der Waals surface area contributed by atoms with Crippen LogP contribution in [0, 0.1) is 5.82 Å². The van der Waals surface area contributed by atoms with E-state index in [-0.39, 0.29) is 0 Å². The molecule has 4 amide bonds. The van der Waals surface area contributed by atoms with Crippen LogP contribution >= 0.6 is 0 Å². The van der Waals surface area contributed by atoms with Gasteiger partial charge in [0.15, 0.2) is 0 Å². The molecule has 1 saturated heterocycles. The minimum atomic E-state index is -1.25. The molecule has 1 atom stereocenters. The summed E-state index contributed by atoms with van der Waals surface area (Å²) in [5.74, 6) is -1.34. The van der Waals surface area contributed by atoms with Crippen molar-refractivity contribution in [3.05, 3.63) is 95.8 Å². The van der Waals surface area contributed by atoms with E-state index < -0.39 is 29.2 Å². The maximum Gasteiger partial charge on any atom is 0.322 e. The molecule has 0 bridgehead atoms. The number of nitrogens with one attached hydrogen (secondary N) is 3. The quantitative estimate of drug-likeness (QED) is 0.399. The topological polar surface area (TPSA) is 100 Å². The highest BCUT2D eigenvalue weighted by Crippen LogP contribution is 2.29. The van der Waals surface area contributed by atoms with Gasteiger partial charge in [-0.15, -0.1) is 0 Å². The Balaban J connectivity index is 1.53. The summed E-state index contributed by atoms with van der Waals surface area (Å²) in [6.07, 6.45) is 0. The van der Waals surface area contributed by atoms with Gasteiger partial charge in [-0.25, -0.2) is 14.2 Å². The monoisotopic (exact) mass is 454 g/mol. The van der Waals surface area contributed by atoms with E-state index in [1.54, 1.807) is 37.3 Å². The third kappa shape index (κ3) is 3.75. The maximum atomic E-state index is 13.9. The molecule has 8 heteroatoms. The molecule has 0 aliphatic carbocycles. The molecule has 168 valence electrons. The molecule has 4 aromatic rings. The highest BCUT2D eigenvalue weighted by atomic mass is 19.1. The number of nitrogens with zero attached hydrogens (tertiary/aromatic N) is 1. The SMILES string of the molecule is CC1(c2cccc(NC(=O)c3cc(-c4ccccc4)nc4cc(F)ccc34)c2)NC(=O)NC1=O. The zero-order valence-corrected chi connectivity index (χ0v) is 18.1. The van der Waals surface area contributed by atoms with Crippen molar-refractivity contribution in [1.29, 1.82) is 0 Å². The minimum absolute atomic E-state index is 0.326. The van der Waals surface area contributed by atoms with Gasteiger partial charge in [-0.1, -0.05) is 42.5 Å². The molecule has 34 heavy (non-hydrogen) atoms. The van der Waals surface area contributed by atoms with Gasteiger partial charge in [-0.05, 0) is 42.8 Å². The number of pyridine rings is 1. The lowest BCUT2D eigenvalue weighted by molar-refractivity contribution is -0.123. The highest BCUT2D eigenvalue weighted by molar-refractivity contribution is 6.13. The van der Waals surface area contributed by atoms with Gasteiger partial charge in [0, 0.05) is 22.7 Å². The number of urea groups is 1. The van der Waals surface area contributed by atoms with Gasteiger partial charge in [0.05, 0.1) is 16.8 Å². The molecule has 1 fully saturated rings. The Kier molecular flexibility index (Phi) is 5.05. The Morgan fingerprint density at radius 1 is 0.971 bits per heavy atom. The summed E-state index contributed by atoms with van der Waals surface area (Å²) >= 11 is 0. The van der Waals surface area contributed by atoms with E-state index in [9.17, 15) is 18.8 Å². The Bertz CT molecular complexity index is 1470. The van der Waals surface area contributed by atoms with Crippen molar-refractivity contribution in [1.82, 2.24) is 15.6 Å². The Morgan fingerprint density at radius 3 is 2.50 bits per heavy atom. The number of hydrogen-bond donors (Lipinski definition) is 3. The molecule has 1 aliphatic rings. The fraction of sp³-hybridized carbons (Fsp3) is 0.0769. The minimum Gasteiger partial charge on any atom is -0.322 e. The number of amides is 4. The lowest BCUT2D eigenvalue weighted by Gasteiger charge is -2.21. The standard InChI is InChI=1S/C26H19FN4O3/c1-26(24(33)30-25(34)31-26)16-8-5-9-18(12-16)28-23(32)20-14-21(15-6-3-2-4-7-15)29-22-13-17(27)10-11-19(20)22/h2-14H,1H3,(H,28,32)(H2,30,31,33,34). The van der Waals surface area contributed by atoms with Crippen molar-refractivity contribution >= 4 is 34.4 Å². The number of fused-ring (bicyclic) bond motifs is 1. The van der Waals surface area contributed by atoms with Gasteiger partial charge < -0.3 is 10.6 Å². The van der Waals surface area contributed by atoms with Gasteiger partial charge in [0.25, 0.3) is 11.8 Å². The lowest BCUT2D eigenvalue weighted by atomic mass is 9.92. The van der Waals surface area contributed by atoms with Crippen molar-refractivity contribution in [2.24, 2.45) is 0 Å². The number of imide groups is 1. The van der Waals surface area contributed by atoms with Crippen molar-refractivity contribution in [3.63, 3.8) is 0 Å². The van der Waals surface area contributed by atoms with E-state index in [1.165, 1.54) is 18.2 Å². The highest BCUT2D eigenvalue weighted by Gasteiger charge is 2.43. The Labute approximate surface area is 194 Å². The van der Waals surface area contributed by atoms with Gasteiger partial charge in [0.1, 0.15) is 11.4 Å². The first kappa shape index (κ1) is 21.3. The zero-order valence-electron chi connectivity index (χ0n) is 18.1. The van der Waals surface area contributed by atoms with E-state index >= 15 is 0 Å². The third-order valence-electron chi connectivity index (χ3n) is 5.83. The van der Waals surface area contributed by atoms with E-state index in [0.717, 1.165) is 5.56 Å². The predicted octanol–water partition coefficient (Wildman–Crippen LogP) is 4.35. The first-order valence-corrected chi connectivity index (χ1v) is 10.5. The summed E-state index contributed by atoms with van der Waals surface area (Å²) < 4.78 is 13.9. The van der Waals surface area contributed by atoms with Crippen LogP contribution in [-0.4, -0.2) is 22.8 Å². The van der Waals surface area contributed by atoms with E-state index in [4.69, 9.17) is 0 Å². The number of benzene rings is 3. The predicted molar refractivity (Wildman–Crippen MR) is 126 cm³/mol. The molecule has 1 aromatic heterocycles. The lowest BCUT2D eigenvalue weighted by Crippen LogP contribution is -2.40. The summed E-state index contributed by atoms with van der Waals surface area (Å²) in [5, 5.41) is 8.18. The van der Waals surface area contributed by atoms with Crippen LogP contribution < -0.4 is 16.0 Å². The molecule has 3 N–H and O–H groups in total. The van der Waals surface area contributed by atoms with Crippen LogP contribution in [0.15, 0.2) is 78.9 Å². The van der Waals surface area contributed by atoms with Gasteiger partial charge in [0.2, 0.25) is 0 Å². The molecule has 1 unspecified atom stereocenters. The first-order chi connectivity index (χ1) is 16.3. The van der Waals surface area contributed by atoms with Crippen LogP contribution in [-0.2, 0) is 10.3 Å². The number of rotatable bonds is 4. The fourth-order valence-corrected chi connectivity index (χ4v) is 4.00. The van der Waals surface area contributed by atoms with Crippen LogP contribution in [0.2, 0.25) is 0 Å². The first-order valence-electron chi connectivity index (χ1n) is 10.5. The molecule has 3 aromatic carbocycles. The molecule has 5 rings (SSSR count). The van der Waals surface area contributed by atoms with E-state index in [1.807, 2.05) is 30.3 Å². The summed E-state index contributed by atoms with van der Waals surface area (Å²) in [5.41, 5.74) is 1.71. The summed E-state index contributed by atoms with van der Waals surface area (Å²) in [6, 6.07) is 21.2. The summed E-state index contributed by atoms with van der Waals surface area (Å²) in [4.78, 5) is 41.8. The number of halogens is 1. The Morgan fingerprint density at radius 2 is 1.76 bits per heavy atom. The van der Waals surface area contributed by atoms with Crippen LogP contribution in [0.25, 0.3) is 22.2 Å². The molecule has 0 spiro atoms. The molecular weight excluding hydrogens is 435 g/mol. The van der Waals surface area contributed by atoms with Crippen molar-refractivity contribution in [2.45, 2.75) is 12.5 Å². The average molecular weight is 454 g/mol. The maximum absolute atomic E-state index is 13.9. The van der Waals surface area contributed by atoms with Gasteiger partial charge >= 0.3 is 6.03 Å². The third-order valence-corrected chi connectivity index (χ3v) is 5.83. The smallest absolute Gasteiger partial charge is 0.322 e. The van der Waals surface area contributed by atoms with Gasteiger partial charge in [-0.2, -0.15) is 0 Å². The molecule has 0 radical (unpaired) electrons. The average Bonchev–Trinajstić information content (AvgIpc) is 3.10. The van der Waals surface area contributed by atoms with Crippen LogP contribution in [0.4, 0.5) is 14.9 Å². The normalized spacial score (nSPS) is 17.4. The molecule has 7 nitrogen and oxygen atoms in total. The number of anilines is 1. The van der Waals surface area contributed by atoms with Crippen LogP contribution in [0.3, 0.4) is 0 Å². The van der Waals surface area contributed by atoms with E-state index in [2.05, 4.69) is 20.9 Å². The zero-order chi connectivity index (χ0) is 23.9. The van der Waals surface area contributed by atoms with Crippen molar-refractivity contribution < 1.29 is 18.8 Å². The number of carbonyl (C=O) groups excluding carboxylic acids is 3. The van der Waals surface area contributed by atoms with Crippen LogP contribution in [0.5, 0.6) is 0 Å². The second kappa shape index (κ2) is 8.08. The van der Waals surface area contributed by atoms with Crippen molar-refractivity contribution in [3.8, 4) is 11.3 Å². The number of aromatic nitrogens is 1. The number of carbonyl (C=O) groups is 3. The largest absolute Gasteiger partial charge is 0.322 e. The second-order valence-corrected chi connectivity index (χ2v) is 8.15. The molecule has 1 aliphatic heterocycles. The molecule has 0 saturated carbocycles. The van der Waals surface area contributed by atoms with Gasteiger partial charge in [-0.3, -0.25) is 14.9 Å². The molecule has 2 heterocycles. The van der Waals surface area contributed by atoms with Crippen LogP contribution in [0.1, 0.15) is 22.8 Å². The Hall–Kier alpha value is -4.59. The summed E-state index contributed by atoms with van der Waals surface area (Å²) in [6.45, 7) is 1.59. The second-order valence-electron chi connectivity index (χ2n) is 8.15. The summed E-state index contributed by atoms with van der Waals surface area (Å²) in [7, 11) is 0. The van der Waals surface area contributed by atoms with Crippen molar-refractivity contribution in [2.75, 3.05) is 5.32 Å². The fourth-order valence-electron chi connectivity index (χ4n) is 4.00. The van der Waals surface area contributed by atoms with E-state index in [0.29, 0.717) is 33.4 Å². The number of hydrogen-bond acceptors (Lipinski definition) is 4.